The quantitative estimate of drug-likeness (QED) is 0.598. The van der Waals surface area contributed by atoms with E-state index in [2.05, 4.69) is 0 Å². The summed E-state index contributed by atoms with van der Waals surface area (Å²) in [5, 5.41) is 8.54. The number of hydrogen-bond acceptors (Lipinski definition) is 3. The van der Waals surface area contributed by atoms with E-state index in [4.69, 9.17) is 10.00 Å². The van der Waals surface area contributed by atoms with Crippen molar-refractivity contribution >= 4 is 11.9 Å². The number of nitrogens with zero attached hydrogens (tertiary/aromatic N) is 1. The van der Waals surface area contributed by atoms with Crippen LogP contribution in [-0.4, -0.2) is 12.4 Å². The van der Waals surface area contributed by atoms with Crippen LogP contribution in [0.5, 0.6) is 5.75 Å². The maximum atomic E-state index is 12.5. The van der Waals surface area contributed by atoms with Crippen molar-refractivity contribution in [2.75, 3.05) is 6.61 Å². The smallest absolute Gasteiger partial charge is 0.416 e. The van der Waals surface area contributed by atoms with Gasteiger partial charge in [0.15, 0.2) is 12.4 Å². The van der Waals surface area contributed by atoms with E-state index in [1.54, 1.807) is 24.3 Å². The molecule has 2 aromatic rings. The van der Waals surface area contributed by atoms with E-state index in [9.17, 15) is 18.0 Å². The highest BCUT2D eigenvalue weighted by atomic mass is 19.4. The van der Waals surface area contributed by atoms with Crippen LogP contribution in [0.15, 0.2) is 54.6 Å². The van der Waals surface area contributed by atoms with Crippen LogP contribution in [0, 0.1) is 11.3 Å². The van der Waals surface area contributed by atoms with Gasteiger partial charge in [0.2, 0.25) is 0 Å². The predicted octanol–water partition coefficient (Wildman–Crippen LogP) is 4.50. The van der Waals surface area contributed by atoms with Gasteiger partial charge in [-0.05, 0) is 30.4 Å². The van der Waals surface area contributed by atoms with E-state index in [0.29, 0.717) is 11.3 Å². The Labute approximate surface area is 136 Å². The SMILES string of the molecule is N#CCOc1ccccc1/C=C/C(=O)c1ccc(C(F)(F)F)cc1. The molecule has 0 bridgehead atoms. The van der Waals surface area contributed by atoms with E-state index in [0.717, 1.165) is 24.3 Å². The van der Waals surface area contributed by atoms with Crippen molar-refractivity contribution in [3.05, 3.63) is 71.3 Å². The Morgan fingerprint density at radius 3 is 2.42 bits per heavy atom. The van der Waals surface area contributed by atoms with E-state index in [-0.39, 0.29) is 12.2 Å². The summed E-state index contributed by atoms with van der Waals surface area (Å²) in [7, 11) is 0. The lowest BCUT2D eigenvalue weighted by atomic mass is 10.1. The number of carbonyl (C=O) groups is 1. The number of halogens is 3. The normalized spacial score (nSPS) is 11.2. The Kier molecular flexibility index (Phi) is 5.38. The lowest BCUT2D eigenvalue weighted by molar-refractivity contribution is -0.137. The van der Waals surface area contributed by atoms with Crippen LogP contribution >= 0.6 is 0 Å². The van der Waals surface area contributed by atoms with E-state index >= 15 is 0 Å². The first kappa shape index (κ1) is 17.3. The summed E-state index contributed by atoms with van der Waals surface area (Å²) in [5.41, 5.74) is -0.0686. The summed E-state index contributed by atoms with van der Waals surface area (Å²) in [6.45, 7) is -0.127. The molecule has 0 saturated carbocycles. The molecule has 0 radical (unpaired) electrons. The van der Waals surface area contributed by atoms with Gasteiger partial charge in [-0.25, -0.2) is 0 Å². The molecule has 0 aliphatic rings. The average molecular weight is 331 g/mol. The van der Waals surface area contributed by atoms with Gasteiger partial charge >= 0.3 is 6.18 Å². The monoisotopic (exact) mass is 331 g/mol. The molecule has 0 fully saturated rings. The zero-order chi connectivity index (χ0) is 17.6. The number of ether oxygens (including phenoxy) is 1. The molecular weight excluding hydrogens is 319 g/mol. The molecule has 2 aromatic carbocycles. The van der Waals surface area contributed by atoms with Crippen LogP contribution in [-0.2, 0) is 6.18 Å². The number of nitriles is 1. The molecule has 0 atom stereocenters. The predicted molar refractivity (Wildman–Crippen MR) is 82.4 cm³/mol. The number of ketones is 1. The number of allylic oxidation sites excluding steroid dienone is 1. The summed E-state index contributed by atoms with van der Waals surface area (Å²) in [6, 6.07) is 12.7. The fourth-order valence-electron chi connectivity index (χ4n) is 1.94. The first-order valence-corrected chi connectivity index (χ1v) is 6.90. The highest BCUT2D eigenvalue weighted by Crippen LogP contribution is 2.29. The second-order valence-corrected chi connectivity index (χ2v) is 4.76. The third-order valence-electron chi connectivity index (χ3n) is 3.12. The van der Waals surface area contributed by atoms with Crippen molar-refractivity contribution in [3.8, 4) is 11.8 Å². The van der Waals surface area contributed by atoms with Crippen LogP contribution in [0.4, 0.5) is 13.2 Å². The van der Waals surface area contributed by atoms with Crippen molar-refractivity contribution in [1.29, 1.82) is 5.26 Å². The molecule has 0 saturated heterocycles. The third kappa shape index (κ3) is 4.46. The molecule has 122 valence electrons. The summed E-state index contributed by atoms with van der Waals surface area (Å²) < 4.78 is 42.7. The Bertz CT molecular complexity index is 787. The van der Waals surface area contributed by atoms with Gasteiger partial charge in [-0.15, -0.1) is 0 Å². The molecule has 2 rings (SSSR count). The summed E-state index contributed by atoms with van der Waals surface area (Å²) in [4.78, 5) is 12.0. The number of benzene rings is 2. The van der Waals surface area contributed by atoms with Crippen LogP contribution in [0.2, 0.25) is 0 Å². The van der Waals surface area contributed by atoms with Crippen LogP contribution in [0.25, 0.3) is 6.08 Å². The second kappa shape index (κ2) is 7.47. The van der Waals surface area contributed by atoms with Gasteiger partial charge < -0.3 is 4.74 Å². The molecular formula is C18H12F3NO2. The number of rotatable bonds is 5. The molecule has 0 unspecified atom stereocenters. The molecule has 0 aliphatic carbocycles. The van der Waals surface area contributed by atoms with Crippen LogP contribution in [0.1, 0.15) is 21.5 Å². The second-order valence-electron chi connectivity index (χ2n) is 4.76. The zero-order valence-corrected chi connectivity index (χ0v) is 12.4. The Morgan fingerprint density at radius 2 is 1.79 bits per heavy atom. The topological polar surface area (TPSA) is 50.1 Å². The summed E-state index contributed by atoms with van der Waals surface area (Å²) >= 11 is 0. The molecule has 3 nitrogen and oxygen atoms in total. The zero-order valence-electron chi connectivity index (χ0n) is 12.4. The molecule has 0 heterocycles. The van der Waals surface area contributed by atoms with Gasteiger partial charge in [0.05, 0.1) is 5.56 Å². The van der Waals surface area contributed by atoms with Crippen molar-refractivity contribution in [1.82, 2.24) is 0 Å². The van der Waals surface area contributed by atoms with Gasteiger partial charge in [-0.1, -0.05) is 30.3 Å². The third-order valence-corrected chi connectivity index (χ3v) is 3.12. The largest absolute Gasteiger partial charge is 0.478 e. The maximum absolute atomic E-state index is 12.5. The lowest BCUT2D eigenvalue weighted by Crippen LogP contribution is -2.05. The molecule has 6 heteroatoms. The molecule has 0 N–H and O–H groups in total. The standard InChI is InChI=1S/C18H12F3NO2/c19-18(20,21)15-8-5-13(6-9-15)16(23)10-7-14-3-1-2-4-17(14)24-12-11-22/h1-10H,12H2/b10-7+. The van der Waals surface area contributed by atoms with Crippen LogP contribution < -0.4 is 4.74 Å². The Hall–Kier alpha value is -3.07. The van der Waals surface area contributed by atoms with Crippen molar-refractivity contribution in [2.45, 2.75) is 6.18 Å². The number of carbonyl (C=O) groups excluding carboxylic acids is 1. The average Bonchev–Trinajstić information content (AvgIpc) is 2.58. The fraction of sp³-hybridized carbons (Fsp3) is 0.111. The number of hydrogen-bond donors (Lipinski definition) is 0. The van der Waals surface area contributed by atoms with Gasteiger partial charge in [-0.3, -0.25) is 4.79 Å². The van der Waals surface area contributed by atoms with Crippen LogP contribution in [0.3, 0.4) is 0 Å². The Balaban J connectivity index is 2.15. The van der Waals surface area contributed by atoms with Gasteiger partial charge in [0.1, 0.15) is 11.8 Å². The van der Waals surface area contributed by atoms with Gasteiger partial charge in [0, 0.05) is 11.1 Å². The van der Waals surface area contributed by atoms with Crippen molar-refractivity contribution in [2.24, 2.45) is 0 Å². The maximum Gasteiger partial charge on any atom is 0.416 e. The first-order valence-electron chi connectivity index (χ1n) is 6.90. The van der Waals surface area contributed by atoms with Crippen molar-refractivity contribution < 1.29 is 22.7 Å². The molecule has 0 aliphatic heterocycles. The first-order chi connectivity index (χ1) is 11.4. The fourth-order valence-corrected chi connectivity index (χ4v) is 1.94. The van der Waals surface area contributed by atoms with Gasteiger partial charge in [-0.2, -0.15) is 18.4 Å². The van der Waals surface area contributed by atoms with E-state index in [1.165, 1.54) is 12.2 Å². The number of para-hydroxylation sites is 1. The van der Waals surface area contributed by atoms with Gasteiger partial charge in [0.25, 0.3) is 0 Å². The molecule has 0 spiro atoms. The minimum absolute atomic E-state index is 0.127. The molecule has 0 aromatic heterocycles. The summed E-state index contributed by atoms with van der Waals surface area (Å²) in [6.07, 6.45) is -1.70. The minimum atomic E-state index is -4.44. The van der Waals surface area contributed by atoms with E-state index in [1.807, 2.05) is 6.07 Å². The Morgan fingerprint density at radius 1 is 1.12 bits per heavy atom. The minimum Gasteiger partial charge on any atom is -0.478 e. The highest BCUT2D eigenvalue weighted by Gasteiger charge is 2.30. The van der Waals surface area contributed by atoms with Crippen molar-refractivity contribution in [3.63, 3.8) is 0 Å². The highest BCUT2D eigenvalue weighted by molar-refractivity contribution is 6.06. The molecule has 0 amide bonds. The summed E-state index contributed by atoms with van der Waals surface area (Å²) in [5.74, 6) is 0.00864. The number of alkyl halides is 3. The van der Waals surface area contributed by atoms with E-state index < -0.39 is 17.5 Å². The molecule has 24 heavy (non-hydrogen) atoms. The lowest BCUT2D eigenvalue weighted by Gasteiger charge is -2.06.